The van der Waals surface area contributed by atoms with Gasteiger partial charge in [0, 0.05) is 16.5 Å². The zero-order valence-corrected chi connectivity index (χ0v) is 18.2. The Bertz CT molecular complexity index is 1320. The second-order valence-electron chi connectivity index (χ2n) is 7.13. The highest BCUT2D eigenvalue weighted by Crippen LogP contribution is 2.38. The summed E-state index contributed by atoms with van der Waals surface area (Å²) in [6, 6.07) is 13.4. The number of thiophene rings is 1. The average Bonchev–Trinajstić information content (AvgIpc) is 3.22. The van der Waals surface area contributed by atoms with Crippen molar-refractivity contribution in [3.05, 3.63) is 65.3 Å². The summed E-state index contributed by atoms with van der Waals surface area (Å²) in [6.07, 6.45) is 1.54. The summed E-state index contributed by atoms with van der Waals surface area (Å²) < 4.78 is 5.36. The number of nitrogens with one attached hydrogen (secondary N) is 1. The number of anilines is 1. The van der Waals surface area contributed by atoms with Gasteiger partial charge in [-0.2, -0.15) is 0 Å². The molecule has 3 heterocycles. The molecule has 2 aromatic carbocycles. The van der Waals surface area contributed by atoms with Gasteiger partial charge in [0.1, 0.15) is 21.9 Å². The lowest BCUT2D eigenvalue weighted by atomic mass is 10.1. The molecule has 6 nitrogen and oxygen atoms in total. The highest BCUT2D eigenvalue weighted by Gasteiger charge is 2.19. The van der Waals surface area contributed by atoms with E-state index in [1.165, 1.54) is 23.7 Å². The molecule has 0 aliphatic carbocycles. The summed E-state index contributed by atoms with van der Waals surface area (Å²) in [6.45, 7) is 2.05. The van der Waals surface area contributed by atoms with Crippen molar-refractivity contribution >= 4 is 50.7 Å². The number of carbonyl (C=O) groups is 2. The van der Waals surface area contributed by atoms with Crippen LogP contribution in [0.2, 0.25) is 0 Å². The van der Waals surface area contributed by atoms with Gasteiger partial charge in [-0.05, 0) is 30.7 Å². The lowest BCUT2D eigenvalue weighted by Gasteiger charge is -2.18. The minimum Gasteiger partial charge on any atom is -0.482 e. The number of benzene rings is 2. The first kappa shape index (κ1) is 19.7. The van der Waals surface area contributed by atoms with Crippen molar-refractivity contribution in [3.63, 3.8) is 0 Å². The molecule has 0 atom stereocenters. The smallest absolute Gasteiger partial charge is 0.262 e. The number of hydrogen-bond donors (Lipinski definition) is 1. The number of ether oxygens (including phenoxy) is 1. The number of rotatable bonds is 5. The number of aromatic nitrogens is 2. The predicted molar refractivity (Wildman–Crippen MR) is 123 cm³/mol. The first-order valence-corrected chi connectivity index (χ1v) is 11.5. The zero-order chi connectivity index (χ0) is 21.4. The van der Waals surface area contributed by atoms with Crippen molar-refractivity contribution in [3.8, 4) is 16.9 Å². The highest BCUT2D eigenvalue weighted by molar-refractivity contribution is 8.00. The predicted octanol–water partition coefficient (Wildman–Crippen LogP) is 4.97. The van der Waals surface area contributed by atoms with E-state index in [0.717, 1.165) is 26.4 Å². The first-order valence-electron chi connectivity index (χ1n) is 9.60. The Morgan fingerprint density at radius 2 is 2.03 bits per heavy atom. The molecule has 1 aliphatic rings. The molecule has 8 heteroatoms. The number of amides is 1. The Morgan fingerprint density at radius 3 is 2.87 bits per heavy atom. The number of Topliss-reactive ketones (excluding diaryl/α,β-unsaturated/α-hetero) is 1. The monoisotopic (exact) mass is 447 g/mol. The van der Waals surface area contributed by atoms with Gasteiger partial charge in [0.05, 0.1) is 16.8 Å². The van der Waals surface area contributed by atoms with Crippen LogP contribution in [0, 0.1) is 6.92 Å². The van der Waals surface area contributed by atoms with E-state index in [2.05, 4.69) is 51.9 Å². The summed E-state index contributed by atoms with van der Waals surface area (Å²) in [4.78, 5) is 34.1. The van der Waals surface area contributed by atoms with E-state index in [1.807, 2.05) is 0 Å². The van der Waals surface area contributed by atoms with Gasteiger partial charge < -0.3 is 10.1 Å². The Balaban J connectivity index is 1.40. The van der Waals surface area contributed by atoms with Crippen molar-refractivity contribution in [2.24, 2.45) is 0 Å². The summed E-state index contributed by atoms with van der Waals surface area (Å²) in [5.74, 6) is 0.521. The van der Waals surface area contributed by atoms with E-state index in [4.69, 9.17) is 4.74 Å². The standard InChI is InChI=1S/C23H17N3O3S2/c1-13-2-4-14(5-3-13)16-10-30-22-21(16)23(25-12-24-22)31-11-18(27)15-6-7-19-17(8-15)26-20(28)9-29-19/h2-8,10,12H,9,11H2,1H3,(H,26,28). The van der Waals surface area contributed by atoms with Crippen molar-refractivity contribution in [2.75, 3.05) is 17.7 Å². The maximum atomic E-state index is 12.8. The average molecular weight is 448 g/mol. The van der Waals surface area contributed by atoms with Crippen LogP contribution in [-0.4, -0.2) is 34.0 Å². The summed E-state index contributed by atoms with van der Waals surface area (Å²) in [5, 5.41) is 6.58. The van der Waals surface area contributed by atoms with Crippen molar-refractivity contribution in [2.45, 2.75) is 11.9 Å². The quantitative estimate of drug-likeness (QED) is 0.264. The van der Waals surface area contributed by atoms with Gasteiger partial charge in [-0.15, -0.1) is 11.3 Å². The van der Waals surface area contributed by atoms with E-state index in [9.17, 15) is 9.59 Å². The fourth-order valence-electron chi connectivity index (χ4n) is 3.38. The van der Waals surface area contributed by atoms with Gasteiger partial charge >= 0.3 is 0 Å². The highest BCUT2D eigenvalue weighted by atomic mass is 32.2. The van der Waals surface area contributed by atoms with Gasteiger partial charge in [-0.1, -0.05) is 41.6 Å². The lowest BCUT2D eigenvalue weighted by Crippen LogP contribution is -2.25. The van der Waals surface area contributed by atoms with E-state index in [-0.39, 0.29) is 24.1 Å². The van der Waals surface area contributed by atoms with Crippen LogP contribution < -0.4 is 10.1 Å². The number of fused-ring (bicyclic) bond motifs is 2. The third-order valence-corrected chi connectivity index (χ3v) is 6.85. The molecule has 1 aliphatic heterocycles. The molecular weight excluding hydrogens is 430 g/mol. The minimum atomic E-state index is -0.226. The first-order chi connectivity index (χ1) is 15.1. The maximum Gasteiger partial charge on any atom is 0.262 e. The van der Waals surface area contributed by atoms with Crippen molar-refractivity contribution in [1.29, 1.82) is 0 Å². The lowest BCUT2D eigenvalue weighted by molar-refractivity contribution is -0.118. The molecule has 4 aromatic rings. The molecule has 0 fully saturated rings. The molecular formula is C23H17N3O3S2. The van der Waals surface area contributed by atoms with E-state index >= 15 is 0 Å². The van der Waals surface area contributed by atoms with Crippen LogP contribution in [0.1, 0.15) is 15.9 Å². The van der Waals surface area contributed by atoms with Gasteiger partial charge in [0.15, 0.2) is 12.4 Å². The van der Waals surface area contributed by atoms with Crippen molar-refractivity contribution in [1.82, 2.24) is 9.97 Å². The second kappa shape index (κ2) is 8.13. The third kappa shape index (κ3) is 3.92. The molecule has 0 saturated carbocycles. The van der Waals surface area contributed by atoms with E-state index in [0.29, 0.717) is 17.0 Å². The number of thioether (sulfide) groups is 1. The molecule has 1 N–H and O–H groups in total. The molecule has 0 radical (unpaired) electrons. The minimum absolute atomic E-state index is 0.0101. The molecule has 0 unspecified atom stereocenters. The molecule has 0 spiro atoms. The van der Waals surface area contributed by atoms with Crippen LogP contribution in [0.5, 0.6) is 5.75 Å². The van der Waals surface area contributed by atoms with Crippen LogP contribution in [0.3, 0.4) is 0 Å². The molecule has 1 amide bonds. The summed E-state index contributed by atoms with van der Waals surface area (Å²) in [5.41, 5.74) is 4.42. The second-order valence-corrected chi connectivity index (χ2v) is 8.96. The largest absolute Gasteiger partial charge is 0.482 e. The fourth-order valence-corrected chi connectivity index (χ4v) is 5.26. The Morgan fingerprint density at radius 1 is 1.19 bits per heavy atom. The number of carbonyl (C=O) groups excluding carboxylic acids is 2. The molecule has 0 bridgehead atoms. The van der Waals surface area contributed by atoms with Crippen LogP contribution in [0.25, 0.3) is 21.3 Å². The maximum absolute atomic E-state index is 12.8. The number of hydrogen-bond acceptors (Lipinski definition) is 7. The Hall–Kier alpha value is -3.23. The third-order valence-electron chi connectivity index (χ3n) is 4.97. The van der Waals surface area contributed by atoms with Gasteiger partial charge in [0.25, 0.3) is 5.91 Å². The van der Waals surface area contributed by atoms with Crippen molar-refractivity contribution < 1.29 is 14.3 Å². The van der Waals surface area contributed by atoms with Crippen LogP contribution in [-0.2, 0) is 4.79 Å². The van der Waals surface area contributed by atoms with Gasteiger partial charge in [-0.3, -0.25) is 9.59 Å². The zero-order valence-electron chi connectivity index (χ0n) is 16.5. The molecule has 2 aromatic heterocycles. The van der Waals surface area contributed by atoms with Gasteiger partial charge in [-0.25, -0.2) is 9.97 Å². The van der Waals surface area contributed by atoms with E-state index < -0.39 is 0 Å². The number of ketones is 1. The Labute approximate surface area is 186 Å². The van der Waals surface area contributed by atoms with Gasteiger partial charge in [0.2, 0.25) is 0 Å². The van der Waals surface area contributed by atoms with Crippen LogP contribution in [0.15, 0.2) is 59.2 Å². The Kier molecular flexibility index (Phi) is 5.17. The fraction of sp³-hybridized carbons (Fsp3) is 0.130. The number of aryl methyl sites for hydroxylation is 1. The molecule has 31 heavy (non-hydrogen) atoms. The normalized spacial score (nSPS) is 12.9. The topological polar surface area (TPSA) is 81.2 Å². The number of nitrogens with zero attached hydrogens (tertiary/aromatic N) is 2. The molecule has 154 valence electrons. The van der Waals surface area contributed by atoms with Crippen LogP contribution in [0.4, 0.5) is 5.69 Å². The molecule has 5 rings (SSSR count). The van der Waals surface area contributed by atoms with E-state index in [1.54, 1.807) is 29.5 Å². The summed E-state index contributed by atoms with van der Waals surface area (Å²) >= 11 is 2.96. The summed E-state index contributed by atoms with van der Waals surface area (Å²) in [7, 11) is 0. The van der Waals surface area contributed by atoms with Crippen LogP contribution >= 0.6 is 23.1 Å². The SMILES string of the molecule is Cc1ccc(-c2csc3ncnc(SCC(=O)c4ccc5c(c4)NC(=O)CO5)c23)cc1. The molecule has 0 saturated heterocycles.